The number of methoxy groups -OCH3 is 1. The molecule has 3 heterocycles. The molecule has 0 aliphatic rings. The van der Waals surface area contributed by atoms with Crippen molar-refractivity contribution in [2.75, 3.05) is 12.4 Å². The summed E-state index contributed by atoms with van der Waals surface area (Å²) < 4.78 is 32.6. The van der Waals surface area contributed by atoms with Crippen LogP contribution in [0.2, 0.25) is 0 Å². The monoisotopic (exact) mass is 348 g/mol. The predicted octanol–water partition coefficient (Wildman–Crippen LogP) is 3.52. The number of nitrogens with zero attached hydrogens (tertiary/aromatic N) is 3. The Bertz CT molecular complexity index is 972. The van der Waals surface area contributed by atoms with Crippen LogP contribution in [0.25, 0.3) is 22.2 Å². The molecule has 0 aliphatic carbocycles. The molecule has 0 bridgehead atoms. The van der Waals surface area contributed by atoms with Gasteiger partial charge in [-0.1, -0.05) is 0 Å². The number of halogens is 2. The van der Waals surface area contributed by atoms with Crippen LogP contribution in [0, 0.1) is 12.7 Å². The van der Waals surface area contributed by atoms with Crippen molar-refractivity contribution in [3.05, 3.63) is 35.9 Å². The third-order valence-corrected chi connectivity index (χ3v) is 3.91. The normalized spacial score (nSPS) is 10.8. The molecule has 0 radical (unpaired) electrons. The van der Waals surface area contributed by atoms with Gasteiger partial charge in [0, 0.05) is 17.0 Å². The second-order valence-corrected chi connectivity index (χ2v) is 5.32. The molecule has 0 saturated heterocycles. The Morgan fingerprint density at radius 2 is 2.04 bits per heavy atom. The fourth-order valence-electron chi connectivity index (χ4n) is 2.85. The zero-order valence-electron chi connectivity index (χ0n) is 13.6. The number of carbonyl (C=O) groups excluding carboxylic acids is 1. The van der Waals surface area contributed by atoms with Gasteiger partial charge in [-0.15, -0.1) is 0 Å². The van der Waals surface area contributed by atoms with Gasteiger partial charge in [0.15, 0.2) is 0 Å². The number of ether oxygens (including phenoxy) is 1. The number of aryl methyl sites for hydroxylation is 2. The molecule has 1 amide bonds. The van der Waals surface area contributed by atoms with Crippen LogP contribution in [-0.2, 0) is 12.0 Å². The van der Waals surface area contributed by atoms with Crippen LogP contribution in [-0.4, -0.2) is 27.7 Å². The van der Waals surface area contributed by atoms with Crippen molar-refractivity contribution in [3.8, 4) is 17.1 Å². The zero-order chi connectivity index (χ0) is 18.1. The van der Waals surface area contributed by atoms with Crippen LogP contribution < -0.4 is 10.1 Å². The maximum atomic E-state index is 13.7. The van der Waals surface area contributed by atoms with E-state index in [1.165, 1.54) is 19.4 Å². The summed E-state index contributed by atoms with van der Waals surface area (Å²) in [6, 6.07) is 2.91. The van der Waals surface area contributed by atoms with Crippen LogP contribution in [0.5, 0.6) is 5.88 Å². The van der Waals surface area contributed by atoms with Gasteiger partial charge in [-0.3, -0.25) is 5.32 Å². The first-order chi connectivity index (χ1) is 12.0. The number of nitrogens with one attached hydrogen (secondary N) is 1. The van der Waals surface area contributed by atoms with Crippen LogP contribution in [0.15, 0.2) is 24.5 Å². The van der Waals surface area contributed by atoms with Gasteiger partial charge >= 0.3 is 6.09 Å². The van der Waals surface area contributed by atoms with Gasteiger partial charge in [-0.2, -0.15) is 0 Å². The minimum atomic E-state index is -1.27. The number of pyridine rings is 2. The quantitative estimate of drug-likeness (QED) is 0.783. The van der Waals surface area contributed by atoms with Gasteiger partial charge in [-0.25, -0.2) is 24.1 Å². The number of carbonyl (C=O) groups is 1. The Morgan fingerprint density at radius 1 is 1.28 bits per heavy atom. The number of hydrogen-bond acceptors (Lipinski definition) is 5. The van der Waals surface area contributed by atoms with Crippen molar-refractivity contribution >= 4 is 22.8 Å². The summed E-state index contributed by atoms with van der Waals surface area (Å²) in [5, 5.41) is 2.90. The van der Waals surface area contributed by atoms with E-state index in [4.69, 9.17) is 4.74 Å². The largest absolute Gasteiger partial charge is 0.481 e. The van der Waals surface area contributed by atoms with Gasteiger partial charge in [0.2, 0.25) is 5.88 Å². The zero-order valence-corrected chi connectivity index (χ0v) is 13.6. The van der Waals surface area contributed by atoms with Crippen LogP contribution in [0.1, 0.15) is 5.56 Å². The first-order valence-electron chi connectivity index (χ1n) is 7.20. The minimum Gasteiger partial charge on any atom is -0.481 e. The topological polar surface area (TPSA) is 78.3 Å². The van der Waals surface area contributed by atoms with Gasteiger partial charge in [-0.05, 0) is 24.6 Å². The first kappa shape index (κ1) is 16.6. The highest BCUT2D eigenvalue weighted by atomic mass is 19.3. The van der Waals surface area contributed by atoms with Gasteiger partial charge < -0.3 is 9.30 Å². The Labute approximate surface area is 141 Å². The third-order valence-electron chi connectivity index (χ3n) is 3.91. The summed E-state index contributed by atoms with van der Waals surface area (Å²) in [5.41, 5.74) is 2.70. The van der Waals surface area contributed by atoms with E-state index < -0.39 is 11.9 Å². The smallest absolute Gasteiger partial charge is 0.450 e. The van der Waals surface area contributed by atoms with E-state index in [1.54, 1.807) is 13.1 Å². The summed E-state index contributed by atoms with van der Waals surface area (Å²) in [5.74, 6) is -0.0888. The van der Waals surface area contributed by atoms with Crippen LogP contribution >= 0.6 is 0 Å². The lowest BCUT2D eigenvalue weighted by Gasteiger charge is -2.10. The highest BCUT2D eigenvalue weighted by Crippen LogP contribution is 2.37. The molecule has 0 atom stereocenters. The standard InChI is InChI=1S/C16H14F2N4O3/c1-8-10-5-13(21-16(23)25-18)19-7-12(10)22(2)14(8)11-4-9(17)6-20-15(11)24-3/h4-7H,1-3H3,(H,19,21,23). The molecule has 0 unspecified atom stereocenters. The molecule has 9 heteroatoms. The lowest BCUT2D eigenvalue weighted by molar-refractivity contribution is -0.0544. The Hall–Kier alpha value is -3.23. The number of rotatable bonds is 3. The van der Waals surface area contributed by atoms with Crippen LogP contribution in [0.4, 0.5) is 19.5 Å². The highest BCUT2D eigenvalue weighted by molar-refractivity contribution is 5.94. The Balaban J connectivity index is 2.20. The van der Waals surface area contributed by atoms with Crippen LogP contribution in [0.3, 0.4) is 0 Å². The number of anilines is 1. The number of hydrogen-bond donors (Lipinski definition) is 1. The lowest BCUT2D eigenvalue weighted by atomic mass is 10.1. The predicted molar refractivity (Wildman–Crippen MR) is 86.4 cm³/mol. The highest BCUT2D eigenvalue weighted by Gasteiger charge is 2.19. The third kappa shape index (κ3) is 2.84. The van der Waals surface area contributed by atoms with Gasteiger partial charge in [0.25, 0.3) is 0 Å². The number of fused-ring (bicyclic) bond motifs is 1. The van der Waals surface area contributed by atoms with Crippen molar-refractivity contribution in [2.45, 2.75) is 6.92 Å². The van der Waals surface area contributed by atoms with E-state index >= 15 is 0 Å². The average molecular weight is 348 g/mol. The summed E-state index contributed by atoms with van der Waals surface area (Å²) in [4.78, 5) is 22.1. The molecule has 130 valence electrons. The Morgan fingerprint density at radius 3 is 2.72 bits per heavy atom. The molecule has 25 heavy (non-hydrogen) atoms. The van der Waals surface area contributed by atoms with E-state index in [-0.39, 0.29) is 11.7 Å². The second-order valence-electron chi connectivity index (χ2n) is 5.32. The molecule has 3 rings (SSSR count). The molecular weight excluding hydrogens is 334 g/mol. The minimum absolute atomic E-state index is 0.125. The van der Waals surface area contributed by atoms with E-state index in [9.17, 15) is 13.7 Å². The van der Waals surface area contributed by atoms with Crippen molar-refractivity contribution in [2.24, 2.45) is 7.05 Å². The van der Waals surface area contributed by atoms with Gasteiger partial charge in [0.1, 0.15) is 11.6 Å². The molecule has 0 fully saturated rings. The van der Waals surface area contributed by atoms with Crippen molar-refractivity contribution < 1.29 is 23.4 Å². The number of amides is 1. The summed E-state index contributed by atoms with van der Waals surface area (Å²) in [6.07, 6.45) is 1.32. The molecule has 1 N–H and O–H groups in total. The second kappa shape index (κ2) is 6.34. The molecule has 0 aliphatic heterocycles. The molecule has 0 spiro atoms. The molecular formula is C16H14F2N4O3. The van der Waals surface area contributed by atoms with E-state index in [0.29, 0.717) is 11.3 Å². The molecule has 3 aromatic rings. The fourth-order valence-corrected chi connectivity index (χ4v) is 2.85. The summed E-state index contributed by atoms with van der Waals surface area (Å²) in [6.45, 7) is 1.83. The van der Waals surface area contributed by atoms with E-state index in [0.717, 1.165) is 22.7 Å². The SMILES string of the molecule is COc1ncc(F)cc1-c1c(C)c2cc(NC(=O)OF)ncc2n1C. The first-order valence-corrected chi connectivity index (χ1v) is 7.20. The van der Waals surface area contributed by atoms with E-state index in [2.05, 4.69) is 20.2 Å². The van der Waals surface area contributed by atoms with Crippen molar-refractivity contribution in [1.82, 2.24) is 14.5 Å². The molecule has 0 saturated carbocycles. The van der Waals surface area contributed by atoms with Crippen molar-refractivity contribution in [3.63, 3.8) is 0 Å². The molecule has 7 nitrogen and oxygen atoms in total. The fraction of sp³-hybridized carbons (Fsp3) is 0.188. The molecule has 3 aromatic heterocycles. The summed E-state index contributed by atoms with van der Waals surface area (Å²) >= 11 is 0. The van der Waals surface area contributed by atoms with E-state index in [1.807, 2.05) is 11.5 Å². The maximum absolute atomic E-state index is 13.7. The lowest BCUT2D eigenvalue weighted by Crippen LogP contribution is -2.10. The molecule has 0 aromatic carbocycles. The maximum Gasteiger partial charge on any atom is 0.450 e. The van der Waals surface area contributed by atoms with Crippen molar-refractivity contribution in [1.29, 1.82) is 0 Å². The number of aromatic nitrogens is 3. The summed E-state index contributed by atoms with van der Waals surface area (Å²) in [7, 11) is 3.24. The van der Waals surface area contributed by atoms with Gasteiger partial charge in [0.05, 0.1) is 36.3 Å². The Kier molecular flexibility index (Phi) is 4.22. The average Bonchev–Trinajstić information content (AvgIpc) is 2.85.